The third kappa shape index (κ3) is 5.57. The van der Waals surface area contributed by atoms with Crippen LogP contribution in [0.2, 0.25) is 0 Å². The Morgan fingerprint density at radius 2 is 1.89 bits per heavy atom. The molecule has 7 heteroatoms. The van der Waals surface area contributed by atoms with E-state index in [1.165, 1.54) is 6.92 Å². The van der Waals surface area contributed by atoms with Gasteiger partial charge in [-0.25, -0.2) is 5.43 Å². The predicted octanol–water partition coefficient (Wildman–Crippen LogP) is 3.26. The van der Waals surface area contributed by atoms with Crippen LogP contribution in [0, 0.1) is 0 Å². The van der Waals surface area contributed by atoms with Crippen molar-refractivity contribution in [2.45, 2.75) is 20.8 Å². The normalized spacial score (nSPS) is 10.6. The van der Waals surface area contributed by atoms with Gasteiger partial charge in [-0.15, -0.1) is 0 Å². The van der Waals surface area contributed by atoms with E-state index in [1.54, 1.807) is 37.6 Å². The highest BCUT2D eigenvalue weighted by Crippen LogP contribution is 2.24. The highest BCUT2D eigenvalue weighted by molar-refractivity contribution is 5.97. The quantitative estimate of drug-likeness (QED) is 0.542. The first-order valence-electron chi connectivity index (χ1n) is 9.12. The molecule has 2 N–H and O–H groups in total. The minimum Gasteiger partial charge on any atom is -0.496 e. The van der Waals surface area contributed by atoms with Gasteiger partial charge in [-0.2, -0.15) is 5.10 Å². The van der Waals surface area contributed by atoms with Crippen molar-refractivity contribution in [3.8, 4) is 5.75 Å². The van der Waals surface area contributed by atoms with E-state index in [0.29, 0.717) is 17.0 Å². The summed E-state index contributed by atoms with van der Waals surface area (Å²) in [6, 6.07) is 12.5. The molecule has 28 heavy (non-hydrogen) atoms. The number of nitrogens with zero attached hydrogens (tertiary/aromatic N) is 2. The third-order valence-corrected chi connectivity index (χ3v) is 4.16. The van der Waals surface area contributed by atoms with Crippen LogP contribution in [0.1, 0.15) is 36.7 Å². The highest BCUT2D eigenvalue weighted by Gasteiger charge is 2.08. The van der Waals surface area contributed by atoms with Crippen LogP contribution in [0.15, 0.2) is 47.6 Å². The zero-order valence-electron chi connectivity index (χ0n) is 16.7. The zero-order valence-corrected chi connectivity index (χ0v) is 16.7. The number of nitrogens with one attached hydrogen (secondary N) is 2. The van der Waals surface area contributed by atoms with Crippen LogP contribution in [-0.4, -0.2) is 38.2 Å². The van der Waals surface area contributed by atoms with Crippen molar-refractivity contribution in [2.75, 3.05) is 30.4 Å². The number of methoxy groups -OCH3 is 1. The molecule has 0 bridgehead atoms. The maximum Gasteiger partial charge on any atom is 0.271 e. The first-order valence-corrected chi connectivity index (χ1v) is 9.12. The Hall–Kier alpha value is -3.35. The summed E-state index contributed by atoms with van der Waals surface area (Å²) in [5.41, 5.74) is 5.26. The minimum atomic E-state index is -0.373. The van der Waals surface area contributed by atoms with Gasteiger partial charge in [0.15, 0.2) is 0 Å². The smallest absolute Gasteiger partial charge is 0.271 e. The van der Waals surface area contributed by atoms with Crippen LogP contribution in [-0.2, 0) is 4.79 Å². The van der Waals surface area contributed by atoms with E-state index in [1.807, 2.05) is 18.2 Å². The molecular weight excluding hydrogens is 356 g/mol. The molecule has 0 aliphatic rings. The fourth-order valence-corrected chi connectivity index (χ4v) is 2.76. The molecule has 0 aliphatic carbocycles. The lowest BCUT2D eigenvalue weighted by atomic mass is 10.2. The van der Waals surface area contributed by atoms with Crippen LogP contribution in [0.3, 0.4) is 0 Å². The molecule has 2 amide bonds. The van der Waals surface area contributed by atoms with Gasteiger partial charge in [-0.05, 0) is 44.2 Å². The SMILES string of the molecule is CCN(CC)c1ccc(/C=N\NC(=O)c2cccc(NC(C)=O)c2)c(OC)c1. The average Bonchev–Trinajstić information content (AvgIpc) is 2.69. The van der Waals surface area contributed by atoms with Crippen molar-refractivity contribution in [1.82, 2.24) is 5.43 Å². The average molecular weight is 382 g/mol. The molecule has 7 nitrogen and oxygen atoms in total. The lowest BCUT2D eigenvalue weighted by molar-refractivity contribution is -0.114. The summed E-state index contributed by atoms with van der Waals surface area (Å²) in [6.07, 6.45) is 1.54. The predicted molar refractivity (Wildman–Crippen MR) is 112 cm³/mol. The van der Waals surface area contributed by atoms with Gasteiger partial charge in [0.1, 0.15) is 5.75 Å². The Labute approximate surface area is 165 Å². The number of benzene rings is 2. The summed E-state index contributed by atoms with van der Waals surface area (Å²) < 4.78 is 5.45. The number of hydrazone groups is 1. The fourth-order valence-electron chi connectivity index (χ4n) is 2.76. The number of ether oxygens (including phenoxy) is 1. The highest BCUT2D eigenvalue weighted by atomic mass is 16.5. The molecule has 148 valence electrons. The van der Waals surface area contributed by atoms with Crippen molar-refractivity contribution in [1.29, 1.82) is 0 Å². The molecule has 0 unspecified atom stereocenters. The van der Waals surface area contributed by atoms with Crippen molar-refractivity contribution in [3.05, 3.63) is 53.6 Å². The van der Waals surface area contributed by atoms with E-state index in [4.69, 9.17) is 4.74 Å². The molecule has 0 saturated carbocycles. The standard InChI is InChI=1S/C21H26N4O3/c1-5-25(6-2)19-11-10-17(20(13-19)28-4)14-22-24-21(27)16-8-7-9-18(12-16)23-15(3)26/h7-14H,5-6H2,1-4H3,(H,23,26)(H,24,27)/b22-14-. The molecule has 2 rings (SSSR count). The van der Waals surface area contributed by atoms with E-state index in [-0.39, 0.29) is 11.8 Å². The summed E-state index contributed by atoms with van der Waals surface area (Å²) in [5.74, 6) is 0.105. The van der Waals surface area contributed by atoms with E-state index in [2.05, 4.69) is 34.6 Å². The lowest BCUT2D eigenvalue weighted by Gasteiger charge is -2.21. The molecule has 0 atom stereocenters. The molecule has 2 aromatic carbocycles. The Balaban J connectivity index is 2.09. The first-order chi connectivity index (χ1) is 13.5. The molecule has 0 fully saturated rings. The van der Waals surface area contributed by atoms with Gasteiger partial charge in [0, 0.05) is 48.6 Å². The Kier molecular flexibility index (Phi) is 7.56. The molecular formula is C21H26N4O3. The van der Waals surface area contributed by atoms with E-state index in [9.17, 15) is 9.59 Å². The topological polar surface area (TPSA) is 83.0 Å². The second kappa shape index (κ2) is 10.1. The van der Waals surface area contributed by atoms with E-state index in [0.717, 1.165) is 24.3 Å². The molecule has 0 radical (unpaired) electrons. The second-order valence-corrected chi connectivity index (χ2v) is 6.06. The number of hydrogen-bond donors (Lipinski definition) is 2. The van der Waals surface area contributed by atoms with E-state index < -0.39 is 0 Å². The van der Waals surface area contributed by atoms with Gasteiger partial charge < -0.3 is 15.0 Å². The molecule has 0 aliphatic heterocycles. The van der Waals surface area contributed by atoms with E-state index >= 15 is 0 Å². The minimum absolute atomic E-state index is 0.198. The summed E-state index contributed by atoms with van der Waals surface area (Å²) in [5, 5.41) is 6.67. The van der Waals surface area contributed by atoms with Crippen molar-refractivity contribution < 1.29 is 14.3 Å². The molecule has 0 saturated heterocycles. The van der Waals surface area contributed by atoms with Gasteiger partial charge in [0.2, 0.25) is 5.91 Å². The summed E-state index contributed by atoms with van der Waals surface area (Å²) in [6.45, 7) is 7.42. The summed E-state index contributed by atoms with van der Waals surface area (Å²) >= 11 is 0. The number of anilines is 2. The number of carbonyl (C=O) groups is 2. The molecule has 0 spiro atoms. The van der Waals surface area contributed by atoms with Gasteiger partial charge >= 0.3 is 0 Å². The number of amides is 2. The Bertz CT molecular complexity index is 860. The number of hydrogen-bond acceptors (Lipinski definition) is 5. The van der Waals surface area contributed by atoms with Crippen LogP contribution in [0.25, 0.3) is 0 Å². The third-order valence-electron chi connectivity index (χ3n) is 4.16. The van der Waals surface area contributed by atoms with Crippen LogP contribution in [0.4, 0.5) is 11.4 Å². The zero-order chi connectivity index (χ0) is 20.5. The first kappa shape index (κ1) is 21.0. The number of rotatable bonds is 8. The maximum absolute atomic E-state index is 12.3. The van der Waals surface area contributed by atoms with Crippen LogP contribution < -0.4 is 20.4 Å². The monoisotopic (exact) mass is 382 g/mol. The van der Waals surface area contributed by atoms with Crippen molar-refractivity contribution >= 4 is 29.4 Å². The maximum atomic E-state index is 12.3. The summed E-state index contributed by atoms with van der Waals surface area (Å²) in [4.78, 5) is 25.6. The van der Waals surface area contributed by atoms with Gasteiger partial charge in [0.25, 0.3) is 5.91 Å². The molecule has 0 heterocycles. The Morgan fingerprint density at radius 3 is 2.54 bits per heavy atom. The fraction of sp³-hybridized carbons (Fsp3) is 0.286. The lowest BCUT2D eigenvalue weighted by Crippen LogP contribution is -2.21. The van der Waals surface area contributed by atoms with Crippen molar-refractivity contribution in [2.24, 2.45) is 5.10 Å². The summed E-state index contributed by atoms with van der Waals surface area (Å²) in [7, 11) is 1.60. The number of carbonyl (C=O) groups excluding carboxylic acids is 2. The van der Waals surface area contributed by atoms with Gasteiger partial charge in [0.05, 0.1) is 13.3 Å². The van der Waals surface area contributed by atoms with Crippen LogP contribution >= 0.6 is 0 Å². The van der Waals surface area contributed by atoms with Crippen LogP contribution in [0.5, 0.6) is 5.75 Å². The van der Waals surface area contributed by atoms with Crippen molar-refractivity contribution in [3.63, 3.8) is 0 Å². The molecule has 2 aromatic rings. The largest absolute Gasteiger partial charge is 0.496 e. The second-order valence-electron chi connectivity index (χ2n) is 6.06. The van der Waals surface area contributed by atoms with Gasteiger partial charge in [-0.3, -0.25) is 9.59 Å². The van der Waals surface area contributed by atoms with Gasteiger partial charge in [-0.1, -0.05) is 6.07 Å². The Morgan fingerprint density at radius 1 is 1.14 bits per heavy atom. The molecule has 0 aromatic heterocycles.